The minimum Gasteiger partial charge on any atom is -0.478 e. The van der Waals surface area contributed by atoms with Gasteiger partial charge in [0.2, 0.25) is 0 Å². The zero-order valence-electron chi connectivity index (χ0n) is 11.3. The zero-order chi connectivity index (χ0) is 16.8. The predicted molar refractivity (Wildman–Crippen MR) is 62.1 cm³/mol. The van der Waals surface area contributed by atoms with Crippen LogP contribution in [0.3, 0.4) is 0 Å². The lowest BCUT2D eigenvalue weighted by molar-refractivity contribution is -0.144. The molecule has 0 bridgehead atoms. The van der Waals surface area contributed by atoms with Crippen molar-refractivity contribution in [2.75, 3.05) is 0 Å². The fourth-order valence-electron chi connectivity index (χ4n) is 1.75. The van der Waals surface area contributed by atoms with Gasteiger partial charge in [-0.2, -0.15) is 26.3 Å². The molecule has 2 nitrogen and oxygen atoms in total. The highest BCUT2D eigenvalue weighted by Crippen LogP contribution is 2.42. The third kappa shape index (κ3) is 3.68. The van der Waals surface area contributed by atoms with Crippen LogP contribution in [0.4, 0.5) is 26.3 Å². The fraction of sp³-hybridized carbons (Fsp3) is 0.462. The Bertz CT molecular complexity index is 528. The molecule has 1 rings (SSSR count). The summed E-state index contributed by atoms with van der Waals surface area (Å²) in [6.45, 7) is 4.30. The van der Waals surface area contributed by atoms with Crippen LogP contribution in [0.5, 0.6) is 0 Å². The molecule has 0 heterocycles. The monoisotopic (exact) mass is 314 g/mol. The first-order valence-corrected chi connectivity index (χ1v) is 5.72. The van der Waals surface area contributed by atoms with Crippen molar-refractivity contribution >= 4 is 5.97 Å². The lowest BCUT2D eigenvalue weighted by Gasteiger charge is -2.24. The van der Waals surface area contributed by atoms with Crippen LogP contribution >= 0.6 is 0 Å². The minimum absolute atomic E-state index is 0.243. The molecule has 0 radical (unpaired) electrons. The van der Waals surface area contributed by atoms with Crippen LogP contribution in [0.2, 0.25) is 0 Å². The van der Waals surface area contributed by atoms with Crippen molar-refractivity contribution in [3.8, 4) is 0 Å². The average molecular weight is 314 g/mol. The molecule has 1 aromatic rings. The molecule has 1 aromatic carbocycles. The van der Waals surface area contributed by atoms with Crippen molar-refractivity contribution in [3.05, 3.63) is 34.4 Å². The van der Waals surface area contributed by atoms with Gasteiger partial charge in [0.1, 0.15) is 0 Å². The first-order valence-electron chi connectivity index (χ1n) is 5.72. The quantitative estimate of drug-likeness (QED) is 0.762. The maximum atomic E-state index is 12.9. The number of carboxylic acid groups (broad SMARTS) is 1. The van der Waals surface area contributed by atoms with Crippen molar-refractivity contribution in [2.24, 2.45) is 0 Å². The van der Waals surface area contributed by atoms with Gasteiger partial charge in [0.05, 0.1) is 16.7 Å². The van der Waals surface area contributed by atoms with Crippen LogP contribution in [0.25, 0.3) is 0 Å². The lowest BCUT2D eigenvalue weighted by atomic mass is 9.83. The van der Waals surface area contributed by atoms with Gasteiger partial charge in [-0.25, -0.2) is 4.79 Å². The predicted octanol–water partition coefficient (Wildman–Crippen LogP) is 4.72. The molecule has 0 spiro atoms. The van der Waals surface area contributed by atoms with Gasteiger partial charge in [-0.1, -0.05) is 20.8 Å². The third-order valence-corrected chi connectivity index (χ3v) is 2.83. The van der Waals surface area contributed by atoms with E-state index in [-0.39, 0.29) is 5.56 Å². The average Bonchev–Trinajstić information content (AvgIpc) is 2.23. The summed E-state index contributed by atoms with van der Waals surface area (Å²) in [7, 11) is 0. The third-order valence-electron chi connectivity index (χ3n) is 2.83. The van der Waals surface area contributed by atoms with Crippen molar-refractivity contribution in [2.45, 2.75) is 38.5 Å². The smallest absolute Gasteiger partial charge is 0.417 e. The van der Waals surface area contributed by atoms with Crippen LogP contribution < -0.4 is 0 Å². The number of rotatable bonds is 1. The van der Waals surface area contributed by atoms with Gasteiger partial charge in [-0.15, -0.1) is 0 Å². The molecule has 0 amide bonds. The van der Waals surface area contributed by atoms with Crippen molar-refractivity contribution < 1.29 is 36.2 Å². The highest BCUT2D eigenvalue weighted by molar-refractivity contribution is 5.92. The lowest BCUT2D eigenvalue weighted by Crippen LogP contribution is -2.23. The summed E-state index contributed by atoms with van der Waals surface area (Å²) in [4.78, 5) is 10.9. The zero-order valence-corrected chi connectivity index (χ0v) is 11.3. The van der Waals surface area contributed by atoms with Gasteiger partial charge < -0.3 is 5.11 Å². The Morgan fingerprint density at radius 3 is 1.43 bits per heavy atom. The molecule has 0 saturated carbocycles. The number of aromatic carboxylic acids is 1. The van der Waals surface area contributed by atoms with Crippen molar-refractivity contribution in [3.63, 3.8) is 0 Å². The SMILES string of the molecule is CC(C)(C)c1cc(C(F)(F)F)c(C(=O)O)c(C(F)(F)F)c1. The Kier molecular flexibility index (Phi) is 4.06. The Morgan fingerprint density at radius 2 is 1.24 bits per heavy atom. The van der Waals surface area contributed by atoms with E-state index >= 15 is 0 Å². The maximum absolute atomic E-state index is 12.9. The van der Waals surface area contributed by atoms with Gasteiger partial charge >= 0.3 is 18.3 Å². The molecule has 8 heteroatoms. The normalized spacial score (nSPS) is 13.4. The molecule has 1 N–H and O–H groups in total. The number of benzene rings is 1. The van der Waals surface area contributed by atoms with E-state index in [0.29, 0.717) is 12.1 Å². The van der Waals surface area contributed by atoms with E-state index in [9.17, 15) is 31.1 Å². The van der Waals surface area contributed by atoms with E-state index < -0.39 is 40.4 Å². The highest BCUT2D eigenvalue weighted by atomic mass is 19.4. The van der Waals surface area contributed by atoms with Crippen molar-refractivity contribution in [1.82, 2.24) is 0 Å². The Labute approximate surface area is 116 Å². The summed E-state index contributed by atoms with van der Waals surface area (Å²) in [5, 5.41) is 8.77. The second-order valence-electron chi connectivity index (χ2n) is 5.50. The summed E-state index contributed by atoms with van der Waals surface area (Å²) in [5.41, 5.74) is -6.61. The largest absolute Gasteiger partial charge is 0.478 e. The van der Waals surface area contributed by atoms with Crippen LogP contribution in [0.1, 0.15) is 47.8 Å². The Balaban J connectivity index is 3.89. The van der Waals surface area contributed by atoms with Gasteiger partial charge in [0.25, 0.3) is 0 Å². The van der Waals surface area contributed by atoms with E-state index in [1.54, 1.807) is 0 Å². The molecule has 0 aliphatic heterocycles. The van der Waals surface area contributed by atoms with Crippen LogP contribution in [0, 0.1) is 0 Å². The van der Waals surface area contributed by atoms with E-state index in [2.05, 4.69) is 0 Å². The Morgan fingerprint density at radius 1 is 0.905 bits per heavy atom. The molecular weight excluding hydrogens is 302 g/mol. The number of hydrogen-bond acceptors (Lipinski definition) is 1. The standard InChI is InChI=1S/C13H12F6O2/c1-11(2,3)6-4-7(12(14,15)16)9(10(20)21)8(5-6)13(17,18)19/h4-5H,1-3H3,(H,20,21). The minimum atomic E-state index is -5.20. The topological polar surface area (TPSA) is 37.3 Å². The van der Waals surface area contributed by atoms with E-state index in [1.807, 2.05) is 0 Å². The molecule has 0 aromatic heterocycles. The molecule has 0 unspecified atom stereocenters. The molecule has 0 fully saturated rings. The number of alkyl halides is 6. The summed E-state index contributed by atoms with van der Waals surface area (Å²) >= 11 is 0. The fourth-order valence-corrected chi connectivity index (χ4v) is 1.75. The molecule has 21 heavy (non-hydrogen) atoms. The van der Waals surface area contributed by atoms with Gasteiger partial charge in [0.15, 0.2) is 0 Å². The molecule has 0 atom stereocenters. The van der Waals surface area contributed by atoms with E-state index in [1.165, 1.54) is 20.8 Å². The first kappa shape index (κ1) is 17.3. The number of carboxylic acids is 1. The van der Waals surface area contributed by atoms with Crippen LogP contribution in [-0.4, -0.2) is 11.1 Å². The number of hydrogen-bond donors (Lipinski definition) is 1. The maximum Gasteiger partial charge on any atom is 0.417 e. The molecule has 118 valence electrons. The van der Waals surface area contributed by atoms with Gasteiger partial charge in [0, 0.05) is 0 Å². The molecule has 0 saturated heterocycles. The molecular formula is C13H12F6O2. The summed E-state index contributed by atoms with van der Waals surface area (Å²) in [5.74, 6) is -2.27. The van der Waals surface area contributed by atoms with Crippen LogP contribution in [-0.2, 0) is 17.8 Å². The number of halogens is 6. The highest BCUT2D eigenvalue weighted by Gasteiger charge is 2.44. The van der Waals surface area contributed by atoms with Crippen molar-refractivity contribution in [1.29, 1.82) is 0 Å². The number of carbonyl (C=O) groups is 1. The first-order chi connectivity index (χ1) is 9.15. The van der Waals surface area contributed by atoms with Crippen LogP contribution in [0.15, 0.2) is 12.1 Å². The second kappa shape index (κ2) is 4.92. The van der Waals surface area contributed by atoms with Gasteiger partial charge in [-0.05, 0) is 23.1 Å². The van der Waals surface area contributed by atoms with E-state index in [4.69, 9.17) is 5.11 Å². The van der Waals surface area contributed by atoms with Gasteiger partial charge in [-0.3, -0.25) is 0 Å². The van der Waals surface area contributed by atoms with E-state index in [0.717, 1.165) is 0 Å². The molecule has 0 aliphatic carbocycles. The molecule has 0 aliphatic rings. The Hall–Kier alpha value is -1.73. The summed E-state index contributed by atoms with van der Waals surface area (Å²) in [6.07, 6.45) is -10.4. The summed E-state index contributed by atoms with van der Waals surface area (Å²) < 4.78 is 77.5. The summed E-state index contributed by atoms with van der Waals surface area (Å²) in [6, 6.07) is 0.914. The second-order valence-corrected chi connectivity index (χ2v) is 5.50.